The first-order valence-electron chi connectivity index (χ1n) is 5.85. The average Bonchev–Trinajstić information content (AvgIpc) is 2.49. The van der Waals surface area contributed by atoms with Crippen molar-refractivity contribution in [2.75, 3.05) is 0 Å². The summed E-state index contributed by atoms with van der Waals surface area (Å²) in [4.78, 5) is 19.6. The van der Waals surface area contributed by atoms with E-state index in [2.05, 4.69) is 9.97 Å². The fraction of sp³-hybridized carbons (Fsp3) is 0. The van der Waals surface area contributed by atoms with Crippen molar-refractivity contribution in [3.8, 4) is 11.3 Å². The third-order valence-electron chi connectivity index (χ3n) is 2.93. The van der Waals surface area contributed by atoms with Gasteiger partial charge in [0, 0.05) is 11.1 Å². The van der Waals surface area contributed by atoms with Crippen LogP contribution in [0.2, 0.25) is 10.0 Å². The fourth-order valence-electron chi connectivity index (χ4n) is 1.93. The van der Waals surface area contributed by atoms with E-state index < -0.39 is 0 Å². The molecule has 2 aromatic carbocycles. The van der Waals surface area contributed by atoms with Crippen LogP contribution in [-0.4, -0.2) is 16.3 Å². The standard InChI is InChI=1S/C15H8Cl2N2O/c16-11-3-1-2-10(15(11)17)14-7-18-13-6-9(8-20)4-5-12(13)19-14/h1-8H. The van der Waals surface area contributed by atoms with Crippen LogP contribution in [-0.2, 0) is 0 Å². The van der Waals surface area contributed by atoms with Gasteiger partial charge in [0.1, 0.15) is 6.29 Å². The van der Waals surface area contributed by atoms with Crippen molar-refractivity contribution in [1.82, 2.24) is 9.97 Å². The molecule has 0 aliphatic heterocycles. The molecule has 1 aromatic heterocycles. The second-order valence-corrected chi connectivity index (χ2v) is 5.01. The summed E-state index contributed by atoms with van der Waals surface area (Å²) in [6.07, 6.45) is 2.40. The smallest absolute Gasteiger partial charge is 0.150 e. The maximum Gasteiger partial charge on any atom is 0.150 e. The molecule has 0 saturated carbocycles. The molecular formula is C15H8Cl2N2O. The highest BCUT2D eigenvalue weighted by molar-refractivity contribution is 6.43. The number of rotatable bonds is 2. The minimum Gasteiger partial charge on any atom is -0.298 e. The Balaban J connectivity index is 2.18. The lowest BCUT2D eigenvalue weighted by atomic mass is 10.1. The van der Waals surface area contributed by atoms with Gasteiger partial charge in [0.15, 0.2) is 0 Å². The Hall–Kier alpha value is -1.97. The predicted molar refractivity (Wildman–Crippen MR) is 80.4 cm³/mol. The Morgan fingerprint density at radius 1 is 1.05 bits per heavy atom. The molecule has 20 heavy (non-hydrogen) atoms. The highest BCUT2D eigenvalue weighted by atomic mass is 35.5. The first kappa shape index (κ1) is 13.0. The molecule has 98 valence electrons. The van der Waals surface area contributed by atoms with Crippen molar-refractivity contribution >= 4 is 40.5 Å². The van der Waals surface area contributed by atoms with Crippen LogP contribution in [0.1, 0.15) is 10.4 Å². The van der Waals surface area contributed by atoms with Crippen LogP contribution in [0, 0.1) is 0 Å². The van der Waals surface area contributed by atoms with Crippen LogP contribution in [0.3, 0.4) is 0 Å². The number of aldehydes is 1. The summed E-state index contributed by atoms with van der Waals surface area (Å²) in [5, 5.41) is 0.926. The number of benzene rings is 2. The Bertz CT molecular complexity index is 818. The zero-order chi connectivity index (χ0) is 14.1. The molecular weight excluding hydrogens is 295 g/mol. The van der Waals surface area contributed by atoms with Crippen LogP contribution >= 0.6 is 23.2 Å². The first-order chi connectivity index (χ1) is 9.69. The van der Waals surface area contributed by atoms with Gasteiger partial charge in [-0.1, -0.05) is 35.3 Å². The SMILES string of the molecule is O=Cc1ccc2nc(-c3cccc(Cl)c3Cl)cnc2c1. The number of nitrogens with zero attached hydrogens (tertiary/aromatic N) is 2. The number of halogens is 2. The van der Waals surface area contributed by atoms with Crippen LogP contribution in [0.5, 0.6) is 0 Å². The Kier molecular flexibility index (Phi) is 3.38. The van der Waals surface area contributed by atoms with Gasteiger partial charge in [-0.3, -0.25) is 9.78 Å². The maximum absolute atomic E-state index is 10.7. The van der Waals surface area contributed by atoms with E-state index in [1.54, 1.807) is 30.5 Å². The molecule has 0 bridgehead atoms. The highest BCUT2D eigenvalue weighted by Gasteiger charge is 2.09. The molecule has 0 N–H and O–H groups in total. The van der Waals surface area contributed by atoms with E-state index in [4.69, 9.17) is 23.2 Å². The van der Waals surface area contributed by atoms with Gasteiger partial charge in [-0.05, 0) is 24.3 Å². The number of hydrogen-bond acceptors (Lipinski definition) is 3. The van der Waals surface area contributed by atoms with Crippen LogP contribution in [0.25, 0.3) is 22.3 Å². The summed E-state index contributed by atoms with van der Waals surface area (Å²) in [5.74, 6) is 0. The van der Waals surface area contributed by atoms with Crippen molar-refractivity contribution in [2.24, 2.45) is 0 Å². The number of carbonyl (C=O) groups excluding carboxylic acids is 1. The second-order valence-electron chi connectivity index (χ2n) is 4.22. The van der Waals surface area contributed by atoms with Crippen molar-refractivity contribution in [3.05, 3.63) is 58.2 Å². The zero-order valence-corrected chi connectivity index (χ0v) is 11.7. The summed E-state index contributed by atoms with van der Waals surface area (Å²) in [6, 6.07) is 10.5. The molecule has 0 aliphatic carbocycles. The molecule has 0 aliphatic rings. The normalized spacial score (nSPS) is 10.7. The van der Waals surface area contributed by atoms with Crippen LogP contribution < -0.4 is 0 Å². The summed E-state index contributed by atoms with van der Waals surface area (Å²) < 4.78 is 0. The van der Waals surface area contributed by atoms with Gasteiger partial charge < -0.3 is 0 Å². The monoisotopic (exact) mass is 302 g/mol. The van der Waals surface area contributed by atoms with Crippen LogP contribution in [0.4, 0.5) is 0 Å². The van der Waals surface area contributed by atoms with Gasteiger partial charge in [0.25, 0.3) is 0 Å². The summed E-state index contributed by atoms with van der Waals surface area (Å²) in [6.45, 7) is 0. The minimum atomic E-state index is 0.451. The van der Waals surface area contributed by atoms with Crippen molar-refractivity contribution in [1.29, 1.82) is 0 Å². The lowest BCUT2D eigenvalue weighted by molar-refractivity contribution is 0.112. The third-order valence-corrected chi connectivity index (χ3v) is 3.75. The number of fused-ring (bicyclic) bond motifs is 1. The molecule has 0 radical (unpaired) electrons. The Labute approximate surface area is 125 Å². The van der Waals surface area contributed by atoms with E-state index in [9.17, 15) is 4.79 Å². The average molecular weight is 303 g/mol. The van der Waals surface area contributed by atoms with Gasteiger partial charge in [0.05, 0.1) is 33.0 Å². The molecule has 0 amide bonds. The van der Waals surface area contributed by atoms with Gasteiger partial charge in [0.2, 0.25) is 0 Å². The lowest BCUT2D eigenvalue weighted by Gasteiger charge is -2.06. The topological polar surface area (TPSA) is 42.9 Å². The molecule has 1 heterocycles. The predicted octanol–water partition coefficient (Wildman–Crippen LogP) is 4.42. The fourth-order valence-corrected chi connectivity index (χ4v) is 2.33. The van der Waals surface area contributed by atoms with Gasteiger partial charge in [-0.25, -0.2) is 4.98 Å². The second kappa shape index (κ2) is 5.19. The van der Waals surface area contributed by atoms with Crippen molar-refractivity contribution < 1.29 is 4.79 Å². The quantitative estimate of drug-likeness (QED) is 0.658. The van der Waals surface area contributed by atoms with E-state index in [1.165, 1.54) is 0 Å². The summed E-state index contributed by atoms with van der Waals surface area (Å²) >= 11 is 12.2. The van der Waals surface area contributed by atoms with Gasteiger partial charge in [-0.2, -0.15) is 0 Å². The van der Waals surface area contributed by atoms with E-state index in [0.717, 1.165) is 11.8 Å². The van der Waals surface area contributed by atoms with Crippen LogP contribution in [0.15, 0.2) is 42.6 Å². The van der Waals surface area contributed by atoms with E-state index in [1.807, 2.05) is 12.1 Å². The largest absolute Gasteiger partial charge is 0.298 e. The molecule has 5 heteroatoms. The molecule has 3 aromatic rings. The highest BCUT2D eigenvalue weighted by Crippen LogP contribution is 2.32. The van der Waals surface area contributed by atoms with E-state index in [-0.39, 0.29) is 0 Å². The first-order valence-corrected chi connectivity index (χ1v) is 6.61. The summed E-state index contributed by atoms with van der Waals surface area (Å²) in [5.41, 5.74) is 3.30. The molecule has 3 rings (SSSR count). The third kappa shape index (κ3) is 2.26. The number of aromatic nitrogens is 2. The molecule has 0 atom stereocenters. The maximum atomic E-state index is 10.7. The molecule has 0 saturated heterocycles. The minimum absolute atomic E-state index is 0.451. The molecule has 0 fully saturated rings. The Morgan fingerprint density at radius 2 is 1.90 bits per heavy atom. The van der Waals surface area contributed by atoms with Gasteiger partial charge in [-0.15, -0.1) is 0 Å². The molecule has 3 nitrogen and oxygen atoms in total. The number of hydrogen-bond donors (Lipinski definition) is 0. The van der Waals surface area contributed by atoms with E-state index >= 15 is 0 Å². The van der Waals surface area contributed by atoms with Gasteiger partial charge >= 0.3 is 0 Å². The lowest BCUT2D eigenvalue weighted by Crippen LogP contribution is -1.91. The van der Waals surface area contributed by atoms with Crippen molar-refractivity contribution in [3.63, 3.8) is 0 Å². The summed E-state index contributed by atoms with van der Waals surface area (Å²) in [7, 11) is 0. The van der Waals surface area contributed by atoms with E-state index in [0.29, 0.717) is 32.3 Å². The zero-order valence-electron chi connectivity index (χ0n) is 10.2. The molecule has 0 spiro atoms. The van der Waals surface area contributed by atoms with Crippen molar-refractivity contribution in [2.45, 2.75) is 0 Å². The number of carbonyl (C=O) groups is 1. The Morgan fingerprint density at radius 3 is 2.70 bits per heavy atom. The molecule has 0 unspecified atom stereocenters.